The van der Waals surface area contributed by atoms with Gasteiger partial charge in [-0.2, -0.15) is 0 Å². The first-order chi connectivity index (χ1) is 12.8. The molecule has 0 aliphatic heterocycles. The Morgan fingerprint density at radius 1 is 1.19 bits per heavy atom. The fourth-order valence-electron chi connectivity index (χ4n) is 2.40. The highest BCUT2D eigenvalue weighted by molar-refractivity contribution is 7.11. The van der Waals surface area contributed by atoms with Gasteiger partial charge >= 0.3 is 4.87 Å². The van der Waals surface area contributed by atoms with Crippen LogP contribution in [0.25, 0.3) is 0 Å². The lowest BCUT2D eigenvalue weighted by atomic mass is 10.2. The summed E-state index contributed by atoms with van der Waals surface area (Å²) < 4.78 is 11.8. The average molecular weight is 393 g/mol. The third-order valence-corrected chi connectivity index (χ3v) is 5.12. The predicted molar refractivity (Wildman–Crippen MR) is 103 cm³/mol. The Morgan fingerprint density at radius 2 is 1.85 bits per heavy atom. The summed E-state index contributed by atoms with van der Waals surface area (Å²) in [6, 6.07) is 5.35. The summed E-state index contributed by atoms with van der Waals surface area (Å²) in [5.74, 6) is 0.596. The summed E-state index contributed by atoms with van der Waals surface area (Å²) in [5.41, 5.74) is 1.30. The first-order valence-electron chi connectivity index (χ1n) is 8.18. The molecular weight excluding hydrogens is 370 g/mol. The zero-order valence-electron chi connectivity index (χ0n) is 16.0. The molecule has 1 aromatic carbocycles. The van der Waals surface area contributed by atoms with Crippen molar-refractivity contribution in [2.75, 3.05) is 28.3 Å². The molecule has 1 aromatic heterocycles. The van der Waals surface area contributed by atoms with Gasteiger partial charge in [0.05, 0.1) is 14.2 Å². The number of nitrogens with zero attached hydrogens (tertiary/aromatic N) is 2. The zero-order chi connectivity index (χ0) is 20.1. The van der Waals surface area contributed by atoms with E-state index in [4.69, 9.17) is 9.47 Å². The molecule has 0 radical (unpaired) electrons. The van der Waals surface area contributed by atoms with Crippen molar-refractivity contribution < 1.29 is 19.1 Å². The summed E-state index contributed by atoms with van der Waals surface area (Å²) in [7, 11) is 6.33. The second-order valence-electron chi connectivity index (χ2n) is 6.03. The van der Waals surface area contributed by atoms with Crippen LogP contribution in [0.1, 0.15) is 20.9 Å². The van der Waals surface area contributed by atoms with Crippen LogP contribution in [0.5, 0.6) is 11.5 Å². The Bertz CT molecular complexity index is 901. The Kier molecular flexibility index (Phi) is 6.62. The summed E-state index contributed by atoms with van der Waals surface area (Å²) in [5, 5.41) is 2.79. The van der Waals surface area contributed by atoms with Crippen LogP contribution in [0.3, 0.4) is 0 Å². The number of hydrogen-bond donors (Lipinski definition) is 1. The second kappa shape index (κ2) is 8.72. The number of nitrogens with one attached hydrogen (secondary N) is 1. The minimum atomic E-state index is -0.361. The maximum atomic E-state index is 12.5. The molecule has 2 rings (SSSR count). The summed E-state index contributed by atoms with van der Waals surface area (Å²) in [6.45, 7) is 1.84. The van der Waals surface area contributed by atoms with Gasteiger partial charge in [0, 0.05) is 26.3 Å². The van der Waals surface area contributed by atoms with E-state index in [1.54, 1.807) is 47.4 Å². The third kappa shape index (κ3) is 4.68. The van der Waals surface area contributed by atoms with E-state index < -0.39 is 0 Å². The van der Waals surface area contributed by atoms with Gasteiger partial charge in [0.1, 0.15) is 11.4 Å². The number of methoxy groups -OCH3 is 2. The lowest BCUT2D eigenvalue weighted by Crippen LogP contribution is -2.30. The van der Waals surface area contributed by atoms with Gasteiger partial charge in [-0.1, -0.05) is 17.4 Å². The summed E-state index contributed by atoms with van der Waals surface area (Å²) >= 11 is 0.832. The topological polar surface area (TPSA) is 89.9 Å². The lowest BCUT2D eigenvalue weighted by Gasteiger charge is -2.12. The number of thiazole rings is 1. The number of likely N-dealkylation sites (N-methyl/N-ethyl adjacent to an activating group) is 1. The molecule has 0 unspecified atom stereocenters. The summed E-state index contributed by atoms with van der Waals surface area (Å²) in [6.07, 6.45) is 0. The molecule has 146 valence electrons. The van der Waals surface area contributed by atoms with Crippen LogP contribution in [0, 0.1) is 6.92 Å². The van der Waals surface area contributed by atoms with Gasteiger partial charge < -0.3 is 19.7 Å². The standard InChI is InChI=1S/C18H23N3O5S/c1-11-16(27-18(24)21(11)10-15(22)20(2)3)17(23)19-9-12-6-7-13(25-4)14(8-12)26-5/h6-8H,9-10H2,1-5H3,(H,19,23). The highest BCUT2D eigenvalue weighted by Crippen LogP contribution is 2.27. The Morgan fingerprint density at radius 3 is 2.44 bits per heavy atom. The minimum Gasteiger partial charge on any atom is -0.493 e. The molecule has 2 aromatic rings. The number of carbonyl (C=O) groups excluding carboxylic acids is 2. The summed E-state index contributed by atoms with van der Waals surface area (Å²) in [4.78, 5) is 37.9. The van der Waals surface area contributed by atoms with E-state index in [2.05, 4.69) is 5.32 Å². The van der Waals surface area contributed by atoms with E-state index in [-0.39, 0.29) is 29.8 Å². The van der Waals surface area contributed by atoms with Crippen LogP contribution < -0.4 is 19.7 Å². The van der Waals surface area contributed by atoms with Crippen LogP contribution in [-0.4, -0.2) is 49.6 Å². The van der Waals surface area contributed by atoms with E-state index in [9.17, 15) is 14.4 Å². The predicted octanol–water partition coefficient (Wildman–Crippen LogP) is 1.25. The third-order valence-electron chi connectivity index (χ3n) is 4.04. The molecule has 0 saturated carbocycles. The molecule has 1 N–H and O–H groups in total. The molecule has 0 fully saturated rings. The van der Waals surface area contributed by atoms with Crippen molar-refractivity contribution in [2.24, 2.45) is 0 Å². The fourth-order valence-corrected chi connectivity index (χ4v) is 3.31. The largest absolute Gasteiger partial charge is 0.493 e. The molecule has 0 saturated heterocycles. The Hall–Kier alpha value is -2.81. The van der Waals surface area contributed by atoms with Crippen molar-refractivity contribution in [2.45, 2.75) is 20.0 Å². The van der Waals surface area contributed by atoms with E-state index in [0.717, 1.165) is 16.9 Å². The van der Waals surface area contributed by atoms with Crippen LogP contribution in [0.4, 0.5) is 0 Å². The molecule has 0 aliphatic rings. The Balaban J connectivity index is 2.13. The van der Waals surface area contributed by atoms with Crippen LogP contribution in [0.2, 0.25) is 0 Å². The lowest BCUT2D eigenvalue weighted by molar-refractivity contribution is -0.129. The van der Waals surface area contributed by atoms with Gasteiger partial charge in [0.25, 0.3) is 5.91 Å². The molecule has 0 atom stereocenters. The van der Waals surface area contributed by atoms with Crippen molar-refractivity contribution in [1.29, 1.82) is 0 Å². The molecule has 2 amide bonds. The van der Waals surface area contributed by atoms with Gasteiger partial charge in [0.2, 0.25) is 5.91 Å². The number of carbonyl (C=O) groups is 2. The van der Waals surface area contributed by atoms with Gasteiger partial charge in [-0.3, -0.25) is 19.0 Å². The van der Waals surface area contributed by atoms with Crippen molar-refractivity contribution in [3.63, 3.8) is 0 Å². The molecule has 0 bridgehead atoms. The number of amides is 2. The van der Waals surface area contributed by atoms with Crippen LogP contribution in [-0.2, 0) is 17.9 Å². The van der Waals surface area contributed by atoms with Gasteiger partial charge in [-0.25, -0.2) is 0 Å². The second-order valence-corrected chi connectivity index (χ2v) is 6.99. The minimum absolute atomic E-state index is 0.0862. The van der Waals surface area contributed by atoms with Crippen LogP contribution >= 0.6 is 11.3 Å². The smallest absolute Gasteiger partial charge is 0.308 e. The van der Waals surface area contributed by atoms with E-state index >= 15 is 0 Å². The normalized spacial score (nSPS) is 10.4. The van der Waals surface area contributed by atoms with Gasteiger partial charge in [0.15, 0.2) is 11.5 Å². The van der Waals surface area contributed by atoms with Crippen molar-refractivity contribution in [3.05, 3.63) is 44.0 Å². The SMILES string of the molecule is COc1ccc(CNC(=O)c2sc(=O)n(CC(=O)N(C)C)c2C)cc1OC. The highest BCUT2D eigenvalue weighted by Gasteiger charge is 2.19. The monoisotopic (exact) mass is 393 g/mol. The highest BCUT2D eigenvalue weighted by atomic mass is 32.1. The van der Waals surface area contributed by atoms with Gasteiger partial charge in [-0.15, -0.1) is 0 Å². The number of aromatic nitrogens is 1. The molecule has 0 spiro atoms. The first-order valence-corrected chi connectivity index (χ1v) is 8.99. The van der Waals surface area contributed by atoms with E-state index in [1.807, 2.05) is 6.07 Å². The van der Waals surface area contributed by atoms with Crippen molar-refractivity contribution >= 4 is 23.2 Å². The number of ether oxygens (including phenoxy) is 2. The quantitative estimate of drug-likeness (QED) is 0.765. The van der Waals surface area contributed by atoms with Crippen molar-refractivity contribution in [3.8, 4) is 11.5 Å². The van der Waals surface area contributed by atoms with Gasteiger partial charge in [-0.05, 0) is 24.6 Å². The van der Waals surface area contributed by atoms with E-state index in [0.29, 0.717) is 22.1 Å². The number of benzene rings is 1. The molecular formula is C18H23N3O5S. The maximum Gasteiger partial charge on any atom is 0.308 e. The van der Waals surface area contributed by atoms with Crippen LogP contribution in [0.15, 0.2) is 23.0 Å². The van der Waals surface area contributed by atoms with E-state index in [1.165, 1.54) is 9.47 Å². The Labute approximate surface area is 161 Å². The van der Waals surface area contributed by atoms with Crippen molar-refractivity contribution in [1.82, 2.24) is 14.8 Å². The molecule has 27 heavy (non-hydrogen) atoms. The number of rotatable bonds is 7. The average Bonchev–Trinajstić information content (AvgIpc) is 2.93. The first kappa shape index (κ1) is 20.5. The number of hydrogen-bond acceptors (Lipinski definition) is 6. The maximum absolute atomic E-state index is 12.5. The molecule has 1 heterocycles. The molecule has 9 heteroatoms. The zero-order valence-corrected chi connectivity index (χ0v) is 16.8. The molecule has 0 aliphatic carbocycles. The molecule has 8 nitrogen and oxygen atoms in total. The fraction of sp³-hybridized carbons (Fsp3) is 0.389.